The highest BCUT2D eigenvalue weighted by molar-refractivity contribution is 9.10. The molecule has 0 aliphatic heterocycles. The molecule has 1 fully saturated rings. The fourth-order valence-corrected chi connectivity index (χ4v) is 2.56. The van der Waals surface area contributed by atoms with Crippen LogP contribution >= 0.6 is 15.9 Å². The van der Waals surface area contributed by atoms with Crippen LogP contribution in [0.2, 0.25) is 0 Å². The van der Waals surface area contributed by atoms with Crippen LogP contribution in [-0.2, 0) is 6.54 Å². The molecule has 0 bridgehead atoms. The van der Waals surface area contributed by atoms with Crippen LogP contribution in [0.4, 0.5) is 4.39 Å². The Morgan fingerprint density at radius 1 is 1.39 bits per heavy atom. The third kappa shape index (κ3) is 1.95. The highest BCUT2D eigenvalue weighted by Gasteiger charge is 2.29. The van der Waals surface area contributed by atoms with Gasteiger partial charge in [0.25, 0.3) is 0 Å². The minimum atomic E-state index is -0.276. The van der Waals surface area contributed by atoms with E-state index in [4.69, 9.17) is 5.73 Å². The number of halogens is 2. The van der Waals surface area contributed by atoms with Gasteiger partial charge in [0.05, 0.1) is 6.54 Å². The van der Waals surface area contributed by atoms with E-state index < -0.39 is 0 Å². The van der Waals surface area contributed by atoms with Gasteiger partial charge in [-0.3, -0.25) is 0 Å². The average Bonchev–Trinajstić information content (AvgIpc) is 3.09. The quantitative estimate of drug-likeness (QED) is 0.948. The molecular formula is C12H12BrFN4. The van der Waals surface area contributed by atoms with Gasteiger partial charge < -0.3 is 10.3 Å². The Morgan fingerprint density at radius 2 is 2.17 bits per heavy atom. The topological polar surface area (TPSA) is 56.7 Å². The Balaban J connectivity index is 2.13. The predicted molar refractivity (Wildman–Crippen MR) is 69.3 cm³/mol. The van der Waals surface area contributed by atoms with Gasteiger partial charge in [0.15, 0.2) is 5.82 Å². The van der Waals surface area contributed by atoms with Crippen LogP contribution in [0, 0.1) is 5.82 Å². The Kier molecular flexibility index (Phi) is 2.91. The molecule has 0 saturated heterocycles. The molecule has 1 heterocycles. The van der Waals surface area contributed by atoms with Crippen LogP contribution < -0.4 is 5.73 Å². The Hall–Kier alpha value is -1.27. The summed E-state index contributed by atoms with van der Waals surface area (Å²) in [4.78, 5) is 0. The minimum absolute atomic E-state index is 0.276. The molecule has 6 heteroatoms. The zero-order valence-corrected chi connectivity index (χ0v) is 11.2. The van der Waals surface area contributed by atoms with Gasteiger partial charge in [-0.2, -0.15) is 0 Å². The van der Waals surface area contributed by atoms with Crippen LogP contribution in [0.15, 0.2) is 22.7 Å². The second kappa shape index (κ2) is 4.44. The number of benzene rings is 1. The van der Waals surface area contributed by atoms with Gasteiger partial charge in [0.2, 0.25) is 0 Å². The molecule has 0 unspecified atom stereocenters. The van der Waals surface area contributed by atoms with Crippen molar-refractivity contribution in [2.45, 2.75) is 25.4 Å². The highest BCUT2D eigenvalue weighted by atomic mass is 79.9. The fourth-order valence-electron chi connectivity index (χ4n) is 2.03. The first-order valence-corrected chi connectivity index (χ1v) is 6.59. The molecule has 2 N–H and O–H groups in total. The van der Waals surface area contributed by atoms with Crippen molar-refractivity contribution in [2.24, 2.45) is 5.73 Å². The first-order chi connectivity index (χ1) is 8.70. The first kappa shape index (κ1) is 11.8. The third-order valence-corrected chi connectivity index (χ3v) is 3.69. The van der Waals surface area contributed by atoms with Crippen LogP contribution in [0.3, 0.4) is 0 Å². The maximum Gasteiger partial charge on any atom is 0.165 e. The van der Waals surface area contributed by atoms with Crippen molar-refractivity contribution in [2.75, 3.05) is 0 Å². The number of hydrogen-bond donors (Lipinski definition) is 1. The summed E-state index contributed by atoms with van der Waals surface area (Å²) in [5, 5.41) is 8.30. The van der Waals surface area contributed by atoms with E-state index in [1.165, 1.54) is 12.1 Å². The Labute approximate surface area is 112 Å². The van der Waals surface area contributed by atoms with Crippen molar-refractivity contribution in [3.8, 4) is 11.4 Å². The minimum Gasteiger partial charge on any atom is -0.324 e. The van der Waals surface area contributed by atoms with Crippen molar-refractivity contribution in [3.05, 3.63) is 34.3 Å². The van der Waals surface area contributed by atoms with Gasteiger partial charge in [-0.05, 0) is 47.0 Å². The van der Waals surface area contributed by atoms with Gasteiger partial charge in [0, 0.05) is 16.1 Å². The Bertz CT molecular complexity index is 592. The largest absolute Gasteiger partial charge is 0.324 e. The summed E-state index contributed by atoms with van der Waals surface area (Å²) < 4.78 is 15.9. The van der Waals surface area contributed by atoms with Crippen molar-refractivity contribution in [1.82, 2.24) is 14.8 Å². The standard InChI is InChI=1S/C12H12BrFN4/c13-10-5-7(14)1-4-9(10)12-17-16-11(6-15)18(12)8-2-3-8/h1,4-5,8H,2-3,6,15H2. The maximum atomic E-state index is 13.1. The normalized spacial score (nSPS) is 15.1. The van der Waals surface area contributed by atoms with E-state index in [-0.39, 0.29) is 5.82 Å². The summed E-state index contributed by atoms with van der Waals surface area (Å²) in [6.07, 6.45) is 2.24. The molecule has 4 nitrogen and oxygen atoms in total. The molecule has 0 spiro atoms. The molecule has 3 rings (SSSR count). The third-order valence-electron chi connectivity index (χ3n) is 3.03. The zero-order chi connectivity index (χ0) is 12.7. The van der Waals surface area contributed by atoms with E-state index in [0.29, 0.717) is 17.1 Å². The van der Waals surface area contributed by atoms with E-state index in [2.05, 4.69) is 30.7 Å². The number of nitrogens with zero attached hydrogens (tertiary/aromatic N) is 3. The molecule has 94 valence electrons. The molecule has 18 heavy (non-hydrogen) atoms. The summed E-state index contributed by atoms with van der Waals surface area (Å²) in [6, 6.07) is 5.01. The lowest BCUT2D eigenvalue weighted by molar-refractivity contribution is 0.627. The van der Waals surface area contributed by atoms with E-state index in [0.717, 1.165) is 30.1 Å². The van der Waals surface area contributed by atoms with E-state index in [1.54, 1.807) is 6.07 Å². The SMILES string of the molecule is NCc1nnc(-c2ccc(F)cc2Br)n1C1CC1. The molecular weight excluding hydrogens is 299 g/mol. The van der Waals surface area contributed by atoms with Gasteiger partial charge in [-0.25, -0.2) is 4.39 Å². The van der Waals surface area contributed by atoms with Crippen molar-refractivity contribution < 1.29 is 4.39 Å². The van der Waals surface area contributed by atoms with Gasteiger partial charge >= 0.3 is 0 Å². The lowest BCUT2D eigenvalue weighted by Crippen LogP contribution is -2.08. The smallest absolute Gasteiger partial charge is 0.165 e. The number of hydrogen-bond acceptors (Lipinski definition) is 3. The zero-order valence-electron chi connectivity index (χ0n) is 9.61. The molecule has 1 saturated carbocycles. The molecule has 2 aromatic rings. The van der Waals surface area contributed by atoms with Crippen LogP contribution in [0.25, 0.3) is 11.4 Å². The second-order valence-electron chi connectivity index (χ2n) is 4.37. The van der Waals surface area contributed by atoms with E-state index >= 15 is 0 Å². The number of aromatic nitrogens is 3. The van der Waals surface area contributed by atoms with Crippen molar-refractivity contribution >= 4 is 15.9 Å². The molecule has 1 aliphatic rings. The predicted octanol–water partition coefficient (Wildman–Crippen LogP) is 2.64. The summed E-state index contributed by atoms with van der Waals surface area (Å²) in [7, 11) is 0. The summed E-state index contributed by atoms with van der Waals surface area (Å²) in [6.45, 7) is 0.363. The molecule has 0 amide bonds. The lowest BCUT2D eigenvalue weighted by atomic mass is 10.2. The summed E-state index contributed by atoms with van der Waals surface area (Å²) in [5.41, 5.74) is 6.52. The van der Waals surface area contributed by atoms with Crippen LogP contribution in [-0.4, -0.2) is 14.8 Å². The molecule has 0 atom stereocenters. The van der Waals surface area contributed by atoms with Gasteiger partial charge in [-0.15, -0.1) is 10.2 Å². The lowest BCUT2D eigenvalue weighted by Gasteiger charge is -2.09. The average molecular weight is 311 g/mol. The molecule has 1 aromatic carbocycles. The van der Waals surface area contributed by atoms with Gasteiger partial charge in [-0.1, -0.05) is 0 Å². The monoisotopic (exact) mass is 310 g/mol. The highest BCUT2D eigenvalue weighted by Crippen LogP contribution is 2.40. The van der Waals surface area contributed by atoms with E-state index in [1.807, 2.05) is 0 Å². The van der Waals surface area contributed by atoms with Crippen molar-refractivity contribution in [3.63, 3.8) is 0 Å². The van der Waals surface area contributed by atoms with Crippen LogP contribution in [0.5, 0.6) is 0 Å². The number of rotatable bonds is 3. The maximum absolute atomic E-state index is 13.1. The molecule has 1 aliphatic carbocycles. The number of nitrogens with two attached hydrogens (primary N) is 1. The first-order valence-electron chi connectivity index (χ1n) is 5.80. The fraction of sp³-hybridized carbons (Fsp3) is 0.333. The van der Waals surface area contributed by atoms with E-state index in [9.17, 15) is 4.39 Å². The van der Waals surface area contributed by atoms with Gasteiger partial charge in [0.1, 0.15) is 11.6 Å². The molecule has 0 radical (unpaired) electrons. The van der Waals surface area contributed by atoms with Crippen molar-refractivity contribution in [1.29, 1.82) is 0 Å². The molecule has 1 aromatic heterocycles. The summed E-state index contributed by atoms with van der Waals surface area (Å²) >= 11 is 3.37. The van der Waals surface area contributed by atoms with Crippen LogP contribution in [0.1, 0.15) is 24.7 Å². The summed E-state index contributed by atoms with van der Waals surface area (Å²) in [5.74, 6) is 1.26. The second-order valence-corrected chi connectivity index (χ2v) is 5.22. The Morgan fingerprint density at radius 3 is 2.78 bits per heavy atom.